The number of ether oxygens (including phenoxy) is 1. The molecule has 5 rings (SSSR count). The molecule has 1 aliphatic heterocycles. The molecule has 5 heteroatoms. The van der Waals surface area contributed by atoms with Gasteiger partial charge >= 0.3 is 5.97 Å². The Balaban J connectivity index is 1.83. The summed E-state index contributed by atoms with van der Waals surface area (Å²) in [5.74, 6) is -1.69. The largest absolute Gasteiger partial charge is 0.458 e. The third-order valence-corrected chi connectivity index (χ3v) is 8.57. The highest BCUT2D eigenvalue weighted by Crippen LogP contribution is 2.71. The highest BCUT2D eigenvalue weighted by atomic mass is 16.6. The van der Waals surface area contributed by atoms with Crippen molar-refractivity contribution in [3.8, 4) is 0 Å². The summed E-state index contributed by atoms with van der Waals surface area (Å²) in [7, 11) is 0. The Morgan fingerprint density at radius 3 is 2.50 bits per heavy atom. The summed E-state index contributed by atoms with van der Waals surface area (Å²) in [4.78, 5) is 40.5. The predicted octanol–water partition coefficient (Wildman–Crippen LogP) is 2.77. The van der Waals surface area contributed by atoms with E-state index in [9.17, 15) is 19.5 Å². The molecule has 28 heavy (non-hydrogen) atoms. The minimum atomic E-state index is -1.21. The lowest BCUT2D eigenvalue weighted by molar-refractivity contribution is -0.151. The van der Waals surface area contributed by atoms with Crippen molar-refractivity contribution >= 4 is 17.5 Å². The van der Waals surface area contributed by atoms with Gasteiger partial charge in [-0.05, 0) is 42.7 Å². The highest BCUT2D eigenvalue weighted by molar-refractivity contribution is 6.25. The molecule has 5 aliphatic rings. The van der Waals surface area contributed by atoms with E-state index in [2.05, 4.69) is 13.8 Å². The van der Waals surface area contributed by atoms with E-state index in [4.69, 9.17) is 4.74 Å². The van der Waals surface area contributed by atoms with Gasteiger partial charge in [0.05, 0.1) is 0 Å². The van der Waals surface area contributed by atoms with Gasteiger partial charge in [0.2, 0.25) is 0 Å². The van der Waals surface area contributed by atoms with Crippen molar-refractivity contribution in [2.24, 2.45) is 34.0 Å². The first-order valence-electron chi connectivity index (χ1n) is 10.4. The molecule has 0 aromatic heterocycles. The Hall–Kier alpha value is -1.75. The van der Waals surface area contributed by atoms with Crippen molar-refractivity contribution in [1.82, 2.24) is 0 Å². The molecule has 2 bridgehead atoms. The maximum Gasteiger partial charge on any atom is 0.317 e. The van der Waals surface area contributed by atoms with Crippen LogP contribution in [0.15, 0.2) is 22.8 Å². The van der Waals surface area contributed by atoms with Gasteiger partial charge in [0.25, 0.3) is 0 Å². The monoisotopic (exact) mass is 384 g/mol. The van der Waals surface area contributed by atoms with Crippen LogP contribution in [0.3, 0.4) is 0 Å². The van der Waals surface area contributed by atoms with E-state index >= 15 is 0 Å². The van der Waals surface area contributed by atoms with Crippen LogP contribution in [0.25, 0.3) is 0 Å². The average molecular weight is 384 g/mol. The summed E-state index contributed by atoms with van der Waals surface area (Å²) in [5.41, 5.74) is -0.606. The van der Waals surface area contributed by atoms with Gasteiger partial charge in [-0.3, -0.25) is 14.4 Å². The summed E-state index contributed by atoms with van der Waals surface area (Å²) >= 11 is 0. The normalized spacial score (nSPS) is 45.8. The molecule has 0 aromatic carbocycles. The van der Waals surface area contributed by atoms with Crippen LogP contribution in [0.1, 0.15) is 53.9 Å². The van der Waals surface area contributed by atoms with Gasteiger partial charge in [0, 0.05) is 17.4 Å². The number of esters is 1. The number of Topliss-reactive ketones (excluding diaryl/α,β-unsaturated/α-hetero) is 1. The zero-order valence-electron chi connectivity index (χ0n) is 17.2. The Bertz CT molecular complexity index is 906. The van der Waals surface area contributed by atoms with Crippen molar-refractivity contribution in [2.45, 2.75) is 66.1 Å². The molecular weight excluding hydrogens is 356 g/mol. The number of aliphatic hydroxyl groups is 1. The van der Waals surface area contributed by atoms with Crippen molar-refractivity contribution in [1.29, 1.82) is 0 Å². The number of ketones is 2. The molecule has 0 unspecified atom stereocenters. The van der Waals surface area contributed by atoms with Crippen LogP contribution < -0.4 is 0 Å². The van der Waals surface area contributed by atoms with Gasteiger partial charge in [-0.15, -0.1) is 0 Å². The molecule has 150 valence electrons. The molecule has 0 spiro atoms. The minimum absolute atomic E-state index is 0.177. The summed E-state index contributed by atoms with van der Waals surface area (Å²) in [6, 6.07) is 0. The van der Waals surface area contributed by atoms with E-state index < -0.39 is 29.0 Å². The van der Waals surface area contributed by atoms with Gasteiger partial charge < -0.3 is 9.84 Å². The fourth-order valence-electron chi connectivity index (χ4n) is 7.64. The maximum atomic E-state index is 14.0. The van der Waals surface area contributed by atoms with Crippen molar-refractivity contribution in [2.75, 3.05) is 0 Å². The molecule has 5 nitrogen and oxygen atoms in total. The van der Waals surface area contributed by atoms with E-state index in [0.29, 0.717) is 17.6 Å². The lowest BCUT2D eigenvalue weighted by Crippen LogP contribution is -2.55. The number of aliphatic hydroxyl groups excluding tert-OH is 1. The molecule has 1 saturated carbocycles. The fourth-order valence-corrected chi connectivity index (χ4v) is 7.64. The number of fused-ring (bicyclic) bond motifs is 2. The quantitative estimate of drug-likeness (QED) is 0.555. The van der Waals surface area contributed by atoms with E-state index in [1.165, 1.54) is 0 Å². The van der Waals surface area contributed by atoms with Gasteiger partial charge in [-0.1, -0.05) is 39.7 Å². The third kappa shape index (κ3) is 1.61. The fraction of sp³-hybridized carbons (Fsp3) is 0.696. The van der Waals surface area contributed by atoms with Crippen LogP contribution in [0.2, 0.25) is 0 Å². The smallest absolute Gasteiger partial charge is 0.317 e. The van der Waals surface area contributed by atoms with E-state index in [1.807, 2.05) is 20.8 Å². The van der Waals surface area contributed by atoms with Crippen molar-refractivity contribution < 1.29 is 24.2 Å². The predicted molar refractivity (Wildman–Crippen MR) is 101 cm³/mol. The molecule has 0 aromatic rings. The summed E-state index contributed by atoms with van der Waals surface area (Å²) in [5, 5.41) is 11.4. The Morgan fingerprint density at radius 1 is 1.18 bits per heavy atom. The van der Waals surface area contributed by atoms with Crippen molar-refractivity contribution in [3.05, 3.63) is 22.8 Å². The van der Waals surface area contributed by atoms with Crippen LogP contribution in [-0.2, 0) is 19.1 Å². The Labute approximate surface area is 165 Å². The lowest BCUT2D eigenvalue weighted by atomic mass is 9.49. The first-order chi connectivity index (χ1) is 13.0. The molecule has 1 N–H and O–H groups in total. The zero-order chi connectivity index (χ0) is 20.4. The number of hydrogen-bond donors (Lipinski definition) is 1. The first-order valence-corrected chi connectivity index (χ1v) is 10.4. The number of allylic oxidation sites excluding steroid dienone is 2. The second-order valence-electron chi connectivity index (χ2n) is 10.5. The lowest BCUT2D eigenvalue weighted by Gasteiger charge is -2.51. The van der Waals surface area contributed by atoms with E-state index in [1.54, 1.807) is 6.08 Å². The second kappa shape index (κ2) is 5.05. The Kier molecular flexibility index (Phi) is 3.30. The van der Waals surface area contributed by atoms with Gasteiger partial charge in [-0.25, -0.2) is 0 Å². The van der Waals surface area contributed by atoms with E-state index in [-0.39, 0.29) is 34.8 Å². The minimum Gasteiger partial charge on any atom is -0.458 e. The van der Waals surface area contributed by atoms with Crippen molar-refractivity contribution in [3.63, 3.8) is 0 Å². The standard InChI is InChI=1S/C23H28O5/c1-10(2)23-12(24)9-11(3)14(23)13-15(19(23)26)22-8-6-7-21(4,5)18(22)17(16(13)25)28-20(22)27/h9-10,14,16-18,25H,6-8H2,1-5H3/t14-,16+,17+,18-,22-,23-/m0/s1. The highest BCUT2D eigenvalue weighted by Gasteiger charge is 2.77. The van der Waals surface area contributed by atoms with Gasteiger partial charge in [0.1, 0.15) is 23.0 Å². The average Bonchev–Trinajstić information content (AvgIpc) is 3.13. The Morgan fingerprint density at radius 2 is 1.86 bits per heavy atom. The summed E-state index contributed by atoms with van der Waals surface area (Å²) < 4.78 is 5.77. The van der Waals surface area contributed by atoms with E-state index in [0.717, 1.165) is 18.4 Å². The molecular formula is C23H28O5. The second-order valence-corrected chi connectivity index (χ2v) is 10.5. The number of hydrogen-bond acceptors (Lipinski definition) is 5. The third-order valence-electron chi connectivity index (χ3n) is 8.57. The van der Waals surface area contributed by atoms with Crippen LogP contribution in [0, 0.1) is 34.0 Å². The molecule has 0 amide bonds. The maximum absolute atomic E-state index is 14.0. The number of rotatable bonds is 1. The molecule has 1 heterocycles. The molecule has 1 saturated heterocycles. The van der Waals surface area contributed by atoms with Gasteiger partial charge in [0.15, 0.2) is 11.6 Å². The summed E-state index contributed by atoms with van der Waals surface area (Å²) in [6.07, 6.45) is 2.21. The van der Waals surface area contributed by atoms with Crippen LogP contribution in [0.5, 0.6) is 0 Å². The van der Waals surface area contributed by atoms with Gasteiger partial charge in [-0.2, -0.15) is 0 Å². The molecule has 4 aliphatic carbocycles. The SMILES string of the molecule is CC1=CC(=O)[C@]2(C(C)C)C(=O)C3=C([C@H]12)[C@@H](O)[C@H]1OC(=O)[C@@]32CCCC(C)(C)[C@H]12. The molecule has 2 fully saturated rings. The van der Waals surface area contributed by atoms with Crippen LogP contribution >= 0.6 is 0 Å². The summed E-state index contributed by atoms with van der Waals surface area (Å²) in [6.45, 7) is 9.87. The zero-order valence-corrected chi connectivity index (χ0v) is 17.2. The first kappa shape index (κ1) is 18.3. The van der Waals surface area contributed by atoms with Crippen LogP contribution in [-0.4, -0.2) is 34.9 Å². The number of carbonyl (C=O) groups is 3. The van der Waals surface area contributed by atoms with Crippen LogP contribution in [0.4, 0.5) is 0 Å². The topological polar surface area (TPSA) is 80.7 Å². The molecule has 0 radical (unpaired) electrons. The number of carbonyl (C=O) groups excluding carboxylic acids is 3. The molecule has 6 atom stereocenters.